The Kier molecular flexibility index (Phi) is 4.28. The van der Waals surface area contributed by atoms with Crippen molar-refractivity contribution in [3.63, 3.8) is 0 Å². The molecule has 0 amide bonds. The third-order valence-electron chi connectivity index (χ3n) is 1.70. The minimum absolute atomic E-state index is 0.110. The molecule has 1 aromatic rings. The summed E-state index contributed by atoms with van der Waals surface area (Å²) in [4.78, 5) is 13.6. The molecule has 0 aliphatic carbocycles. The van der Waals surface area contributed by atoms with Crippen molar-refractivity contribution in [1.82, 2.24) is 14.7 Å². The van der Waals surface area contributed by atoms with Gasteiger partial charge in [-0.05, 0) is 46.0 Å². The van der Waals surface area contributed by atoms with Gasteiger partial charge in [0.15, 0.2) is 0 Å². The molecule has 0 spiro atoms. The fraction of sp³-hybridized carbons (Fsp3) is 0.500. The summed E-state index contributed by atoms with van der Waals surface area (Å²) in [5, 5.41) is 4.01. The van der Waals surface area contributed by atoms with Crippen LogP contribution in [0.25, 0.3) is 0 Å². The summed E-state index contributed by atoms with van der Waals surface area (Å²) in [5.74, 6) is 0. The van der Waals surface area contributed by atoms with Crippen LogP contribution in [-0.4, -0.2) is 35.3 Å². The second-order valence-corrected chi connectivity index (χ2v) is 4.79. The quantitative estimate of drug-likeness (QED) is 0.842. The first kappa shape index (κ1) is 11.9. The van der Waals surface area contributed by atoms with Gasteiger partial charge in [-0.3, -0.25) is 4.79 Å². The highest BCUT2D eigenvalue weighted by molar-refractivity contribution is 9.13. The van der Waals surface area contributed by atoms with Gasteiger partial charge in [0.2, 0.25) is 0 Å². The van der Waals surface area contributed by atoms with E-state index in [1.54, 1.807) is 6.20 Å². The predicted octanol–water partition coefficient (Wildman–Crippen LogP) is 1.33. The molecule has 0 aromatic carbocycles. The topological polar surface area (TPSA) is 38.1 Å². The van der Waals surface area contributed by atoms with E-state index in [1.165, 1.54) is 4.68 Å². The van der Waals surface area contributed by atoms with Crippen LogP contribution in [0.1, 0.15) is 0 Å². The highest BCUT2D eigenvalue weighted by Crippen LogP contribution is 2.16. The molecule has 0 radical (unpaired) electrons. The van der Waals surface area contributed by atoms with Gasteiger partial charge in [0.25, 0.3) is 5.56 Å². The van der Waals surface area contributed by atoms with Crippen molar-refractivity contribution in [3.8, 4) is 0 Å². The van der Waals surface area contributed by atoms with E-state index in [0.29, 0.717) is 15.5 Å². The number of likely N-dealkylation sites (N-methyl/N-ethyl adjacent to an activating group) is 1. The first-order chi connectivity index (χ1) is 6.52. The van der Waals surface area contributed by atoms with Crippen LogP contribution in [-0.2, 0) is 6.54 Å². The first-order valence-electron chi connectivity index (χ1n) is 4.08. The van der Waals surface area contributed by atoms with E-state index in [-0.39, 0.29) is 5.56 Å². The third-order valence-corrected chi connectivity index (χ3v) is 3.60. The third kappa shape index (κ3) is 2.90. The van der Waals surface area contributed by atoms with Gasteiger partial charge < -0.3 is 4.90 Å². The van der Waals surface area contributed by atoms with E-state index >= 15 is 0 Å². The molecule has 0 bridgehead atoms. The predicted molar refractivity (Wildman–Crippen MR) is 62.5 cm³/mol. The lowest BCUT2D eigenvalue weighted by Crippen LogP contribution is -2.28. The van der Waals surface area contributed by atoms with E-state index in [1.807, 2.05) is 19.0 Å². The Morgan fingerprint density at radius 2 is 2.14 bits per heavy atom. The molecule has 1 heterocycles. The second-order valence-electron chi connectivity index (χ2n) is 3.14. The zero-order valence-corrected chi connectivity index (χ0v) is 11.2. The number of nitrogens with zero attached hydrogens (tertiary/aromatic N) is 3. The van der Waals surface area contributed by atoms with Crippen LogP contribution in [0.4, 0.5) is 0 Å². The molecule has 0 saturated heterocycles. The largest absolute Gasteiger partial charge is 0.308 e. The Hall–Kier alpha value is -0.200. The molecule has 0 N–H and O–H groups in total. The number of halogens is 2. The van der Waals surface area contributed by atoms with Gasteiger partial charge in [0, 0.05) is 6.54 Å². The summed E-state index contributed by atoms with van der Waals surface area (Å²) in [6.45, 7) is 1.39. The maximum atomic E-state index is 11.6. The van der Waals surface area contributed by atoms with Crippen molar-refractivity contribution in [1.29, 1.82) is 0 Å². The molecule has 0 unspecified atom stereocenters. The summed E-state index contributed by atoms with van der Waals surface area (Å²) in [6, 6.07) is 0. The Morgan fingerprint density at radius 1 is 1.50 bits per heavy atom. The molecule has 1 rings (SSSR count). The van der Waals surface area contributed by atoms with Crippen molar-refractivity contribution in [2.45, 2.75) is 6.54 Å². The molecule has 4 nitrogen and oxygen atoms in total. The molecular formula is C8H11Br2N3O. The number of hydrogen-bond donors (Lipinski definition) is 0. The maximum Gasteiger partial charge on any atom is 0.282 e. The van der Waals surface area contributed by atoms with E-state index in [2.05, 4.69) is 37.0 Å². The molecule has 0 aliphatic rings. The van der Waals surface area contributed by atoms with Crippen molar-refractivity contribution < 1.29 is 0 Å². The van der Waals surface area contributed by atoms with Gasteiger partial charge in [-0.2, -0.15) is 5.10 Å². The van der Waals surface area contributed by atoms with Crippen LogP contribution >= 0.6 is 31.9 Å². The normalized spacial score (nSPS) is 10.9. The minimum atomic E-state index is -0.110. The fourth-order valence-electron chi connectivity index (χ4n) is 0.899. The summed E-state index contributed by atoms with van der Waals surface area (Å²) in [7, 11) is 3.91. The maximum absolute atomic E-state index is 11.6. The van der Waals surface area contributed by atoms with Crippen molar-refractivity contribution in [3.05, 3.63) is 25.5 Å². The standard InChI is InChI=1S/C8H11Br2N3O/c1-12(2)3-4-13-8(14)7(10)6(9)5-11-13/h5H,3-4H2,1-2H3. The molecule has 0 atom stereocenters. The summed E-state index contributed by atoms with van der Waals surface area (Å²) >= 11 is 6.43. The summed E-state index contributed by atoms with van der Waals surface area (Å²) < 4.78 is 2.64. The zero-order valence-electron chi connectivity index (χ0n) is 8.00. The molecule has 0 aliphatic heterocycles. The Labute approximate surface area is 99.2 Å². The van der Waals surface area contributed by atoms with Gasteiger partial charge >= 0.3 is 0 Å². The summed E-state index contributed by atoms with van der Waals surface area (Å²) in [6.07, 6.45) is 1.61. The molecule has 6 heteroatoms. The van der Waals surface area contributed by atoms with Crippen molar-refractivity contribution >= 4 is 31.9 Å². The zero-order chi connectivity index (χ0) is 10.7. The Balaban J connectivity index is 2.89. The molecule has 78 valence electrons. The van der Waals surface area contributed by atoms with E-state index < -0.39 is 0 Å². The van der Waals surface area contributed by atoms with Crippen LogP contribution in [0.15, 0.2) is 19.9 Å². The molecule has 1 aromatic heterocycles. The SMILES string of the molecule is CN(C)CCn1ncc(Br)c(Br)c1=O. The smallest absolute Gasteiger partial charge is 0.282 e. The Morgan fingerprint density at radius 3 is 2.71 bits per heavy atom. The molecular weight excluding hydrogens is 314 g/mol. The lowest BCUT2D eigenvalue weighted by molar-refractivity contribution is 0.367. The lowest BCUT2D eigenvalue weighted by Gasteiger charge is -2.10. The summed E-state index contributed by atoms with van der Waals surface area (Å²) in [5.41, 5.74) is -0.110. The number of rotatable bonds is 3. The van der Waals surface area contributed by atoms with Crippen LogP contribution < -0.4 is 5.56 Å². The van der Waals surface area contributed by atoms with Crippen LogP contribution in [0, 0.1) is 0 Å². The van der Waals surface area contributed by atoms with Crippen molar-refractivity contribution in [2.24, 2.45) is 0 Å². The fourth-order valence-corrected chi connectivity index (χ4v) is 1.47. The molecule has 14 heavy (non-hydrogen) atoms. The highest BCUT2D eigenvalue weighted by atomic mass is 79.9. The second kappa shape index (κ2) is 5.04. The first-order valence-corrected chi connectivity index (χ1v) is 5.67. The number of hydrogen-bond acceptors (Lipinski definition) is 3. The molecule has 0 fully saturated rings. The molecule has 0 saturated carbocycles. The monoisotopic (exact) mass is 323 g/mol. The van der Waals surface area contributed by atoms with Gasteiger partial charge in [0.1, 0.15) is 4.47 Å². The van der Waals surface area contributed by atoms with Gasteiger partial charge in [0.05, 0.1) is 17.2 Å². The van der Waals surface area contributed by atoms with E-state index in [9.17, 15) is 4.79 Å². The van der Waals surface area contributed by atoms with E-state index in [4.69, 9.17) is 0 Å². The van der Waals surface area contributed by atoms with Gasteiger partial charge in [-0.15, -0.1) is 0 Å². The van der Waals surface area contributed by atoms with Crippen LogP contribution in [0.3, 0.4) is 0 Å². The van der Waals surface area contributed by atoms with Crippen LogP contribution in [0.2, 0.25) is 0 Å². The Bertz CT molecular complexity index is 375. The minimum Gasteiger partial charge on any atom is -0.308 e. The van der Waals surface area contributed by atoms with E-state index in [0.717, 1.165) is 6.54 Å². The van der Waals surface area contributed by atoms with Gasteiger partial charge in [-0.1, -0.05) is 0 Å². The highest BCUT2D eigenvalue weighted by Gasteiger charge is 2.05. The average molecular weight is 325 g/mol. The lowest BCUT2D eigenvalue weighted by atomic mass is 10.5. The van der Waals surface area contributed by atoms with Gasteiger partial charge in [-0.25, -0.2) is 4.68 Å². The van der Waals surface area contributed by atoms with Crippen LogP contribution in [0.5, 0.6) is 0 Å². The number of aromatic nitrogens is 2. The van der Waals surface area contributed by atoms with Crippen molar-refractivity contribution in [2.75, 3.05) is 20.6 Å². The average Bonchev–Trinajstić information content (AvgIpc) is 2.13.